The number of rotatable bonds is 11. The molecule has 2 heterocycles. The van der Waals surface area contributed by atoms with E-state index in [9.17, 15) is 0 Å². The number of aliphatic imine (C=N–C) groups is 1. The van der Waals surface area contributed by atoms with Crippen molar-refractivity contribution in [2.45, 2.75) is 58.0 Å². The summed E-state index contributed by atoms with van der Waals surface area (Å²) in [6, 6.07) is 0. The molecule has 0 bridgehead atoms. The highest BCUT2D eigenvalue weighted by Crippen LogP contribution is 2.12. The fourth-order valence-electron chi connectivity index (χ4n) is 2.64. The molecule has 0 amide bonds. The Morgan fingerprint density at radius 2 is 2.12 bits per heavy atom. The van der Waals surface area contributed by atoms with Gasteiger partial charge in [0.25, 0.3) is 0 Å². The van der Waals surface area contributed by atoms with Crippen molar-refractivity contribution in [3.63, 3.8) is 0 Å². The van der Waals surface area contributed by atoms with E-state index in [2.05, 4.69) is 39.6 Å². The second-order valence-electron chi connectivity index (χ2n) is 6.79. The van der Waals surface area contributed by atoms with Gasteiger partial charge in [-0.25, -0.2) is 0 Å². The van der Waals surface area contributed by atoms with Gasteiger partial charge in [-0.3, -0.25) is 4.99 Å². The Labute approximate surface area is 156 Å². The number of aromatic nitrogens is 2. The number of ether oxygens (including phenoxy) is 2. The Hall–Kier alpha value is -1.67. The highest BCUT2D eigenvalue weighted by atomic mass is 16.5. The van der Waals surface area contributed by atoms with Gasteiger partial charge in [0.1, 0.15) is 0 Å². The Morgan fingerprint density at radius 1 is 1.31 bits per heavy atom. The molecule has 2 N–H and O–H groups in total. The van der Waals surface area contributed by atoms with Crippen LogP contribution in [0.5, 0.6) is 0 Å². The predicted octanol–water partition coefficient (Wildman–Crippen LogP) is 1.88. The van der Waals surface area contributed by atoms with Gasteiger partial charge in [-0.15, -0.1) is 0 Å². The largest absolute Gasteiger partial charge is 0.379 e. The third kappa shape index (κ3) is 7.70. The lowest BCUT2D eigenvalue weighted by Gasteiger charge is -2.12. The molecule has 148 valence electrons. The Kier molecular flexibility index (Phi) is 9.41. The van der Waals surface area contributed by atoms with E-state index < -0.39 is 0 Å². The molecule has 1 aliphatic heterocycles. The quantitative estimate of drug-likeness (QED) is 0.350. The number of aryl methyl sites for hydroxylation is 1. The van der Waals surface area contributed by atoms with Crippen LogP contribution < -0.4 is 10.6 Å². The second-order valence-corrected chi connectivity index (χ2v) is 6.79. The van der Waals surface area contributed by atoms with Crippen LogP contribution in [-0.2, 0) is 15.9 Å². The summed E-state index contributed by atoms with van der Waals surface area (Å²) >= 11 is 0. The lowest BCUT2D eigenvalue weighted by atomic mass is 10.2. The maximum absolute atomic E-state index is 5.65. The topological polar surface area (TPSA) is 93.8 Å². The van der Waals surface area contributed by atoms with Gasteiger partial charge in [0, 0.05) is 45.7 Å². The average Bonchev–Trinajstić information content (AvgIpc) is 3.31. The van der Waals surface area contributed by atoms with E-state index in [0.29, 0.717) is 24.5 Å². The molecule has 1 aromatic rings. The zero-order valence-electron chi connectivity index (χ0n) is 16.3. The summed E-state index contributed by atoms with van der Waals surface area (Å²) in [5, 5.41) is 10.6. The summed E-state index contributed by atoms with van der Waals surface area (Å²) in [6.45, 7) is 8.06. The van der Waals surface area contributed by atoms with Gasteiger partial charge in [-0.1, -0.05) is 19.0 Å². The van der Waals surface area contributed by atoms with Crippen LogP contribution in [0, 0.1) is 0 Å². The van der Waals surface area contributed by atoms with Crippen molar-refractivity contribution in [1.82, 2.24) is 20.8 Å². The molecule has 26 heavy (non-hydrogen) atoms. The van der Waals surface area contributed by atoms with Crippen molar-refractivity contribution in [3.8, 4) is 0 Å². The van der Waals surface area contributed by atoms with Gasteiger partial charge in [-0.05, 0) is 25.7 Å². The van der Waals surface area contributed by atoms with Crippen molar-refractivity contribution in [2.24, 2.45) is 4.99 Å². The molecule has 8 nitrogen and oxygen atoms in total. The van der Waals surface area contributed by atoms with E-state index in [-0.39, 0.29) is 0 Å². The first-order valence-corrected chi connectivity index (χ1v) is 9.65. The third-order valence-corrected chi connectivity index (χ3v) is 4.17. The highest BCUT2D eigenvalue weighted by molar-refractivity contribution is 5.79. The molecule has 8 heteroatoms. The van der Waals surface area contributed by atoms with Gasteiger partial charge in [0.15, 0.2) is 11.8 Å². The van der Waals surface area contributed by atoms with Crippen LogP contribution in [0.4, 0.5) is 0 Å². The Balaban J connectivity index is 1.48. The average molecular weight is 367 g/mol. The van der Waals surface area contributed by atoms with Crippen molar-refractivity contribution in [1.29, 1.82) is 0 Å². The first kappa shape index (κ1) is 20.6. The monoisotopic (exact) mass is 367 g/mol. The number of nitrogens with zero attached hydrogens (tertiary/aromatic N) is 3. The molecule has 0 spiro atoms. The van der Waals surface area contributed by atoms with Crippen LogP contribution in [-0.4, -0.2) is 62.2 Å². The van der Waals surface area contributed by atoms with E-state index in [1.807, 2.05) is 0 Å². The molecule has 1 aliphatic rings. The van der Waals surface area contributed by atoms with Crippen molar-refractivity contribution in [3.05, 3.63) is 11.7 Å². The fraction of sp³-hybridized carbons (Fsp3) is 0.833. The number of nitrogens with one attached hydrogen (secondary N) is 2. The van der Waals surface area contributed by atoms with Crippen LogP contribution in [0.25, 0.3) is 0 Å². The molecule has 1 atom stereocenters. The van der Waals surface area contributed by atoms with Gasteiger partial charge in [0.2, 0.25) is 5.89 Å². The summed E-state index contributed by atoms with van der Waals surface area (Å²) < 4.78 is 16.4. The maximum atomic E-state index is 5.65. The Bertz CT molecular complexity index is 527. The van der Waals surface area contributed by atoms with Crippen molar-refractivity contribution in [2.75, 3.05) is 40.0 Å². The lowest BCUT2D eigenvalue weighted by Crippen LogP contribution is -2.38. The minimum absolute atomic E-state index is 0.295. The second kappa shape index (κ2) is 11.9. The van der Waals surface area contributed by atoms with Gasteiger partial charge in [0.05, 0.1) is 12.7 Å². The SMILES string of the molecule is CN=C(NCCCOCC1CCCO1)NCCCc1nc(C(C)C)no1. The Morgan fingerprint density at radius 3 is 2.77 bits per heavy atom. The molecule has 2 rings (SSSR count). The molecule has 0 radical (unpaired) electrons. The summed E-state index contributed by atoms with van der Waals surface area (Å²) in [6.07, 6.45) is 5.19. The van der Waals surface area contributed by atoms with Crippen LogP contribution >= 0.6 is 0 Å². The molecular formula is C18H33N5O3. The fourth-order valence-corrected chi connectivity index (χ4v) is 2.64. The number of hydrogen-bond acceptors (Lipinski definition) is 6. The molecule has 1 aromatic heterocycles. The lowest BCUT2D eigenvalue weighted by molar-refractivity contribution is 0.0168. The molecule has 0 aromatic carbocycles. The van der Waals surface area contributed by atoms with E-state index in [0.717, 1.165) is 70.2 Å². The van der Waals surface area contributed by atoms with Crippen LogP contribution in [0.3, 0.4) is 0 Å². The summed E-state index contributed by atoms with van der Waals surface area (Å²) in [5.74, 6) is 2.56. The molecule has 0 saturated carbocycles. The van der Waals surface area contributed by atoms with E-state index in [1.165, 1.54) is 0 Å². The molecule has 1 unspecified atom stereocenters. The third-order valence-electron chi connectivity index (χ3n) is 4.17. The molecule has 1 saturated heterocycles. The van der Waals surface area contributed by atoms with Crippen LogP contribution in [0.1, 0.15) is 57.2 Å². The predicted molar refractivity (Wildman–Crippen MR) is 100 cm³/mol. The first-order chi connectivity index (χ1) is 12.7. The van der Waals surface area contributed by atoms with Crippen molar-refractivity contribution >= 4 is 5.96 Å². The van der Waals surface area contributed by atoms with E-state index in [1.54, 1.807) is 7.05 Å². The normalized spacial score (nSPS) is 17.8. The number of hydrogen-bond donors (Lipinski definition) is 2. The van der Waals surface area contributed by atoms with Crippen LogP contribution in [0.15, 0.2) is 9.52 Å². The zero-order chi connectivity index (χ0) is 18.6. The maximum Gasteiger partial charge on any atom is 0.226 e. The van der Waals surface area contributed by atoms with Crippen molar-refractivity contribution < 1.29 is 14.0 Å². The number of guanidine groups is 1. The first-order valence-electron chi connectivity index (χ1n) is 9.65. The highest BCUT2D eigenvalue weighted by Gasteiger charge is 2.14. The van der Waals surface area contributed by atoms with Gasteiger partial charge in [-0.2, -0.15) is 4.98 Å². The van der Waals surface area contributed by atoms with Crippen LogP contribution in [0.2, 0.25) is 0 Å². The summed E-state index contributed by atoms with van der Waals surface area (Å²) in [5.41, 5.74) is 0. The smallest absolute Gasteiger partial charge is 0.226 e. The van der Waals surface area contributed by atoms with Gasteiger partial charge < -0.3 is 24.6 Å². The molecule has 1 fully saturated rings. The van der Waals surface area contributed by atoms with E-state index >= 15 is 0 Å². The minimum atomic E-state index is 0.295. The van der Waals surface area contributed by atoms with E-state index in [4.69, 9.17) is 14.0 Å². The minimum Gasteiger partial charge on any atom is -0.379 e. The molecule has 0 aliphatic carbocycles. The summed E-state index contributed by atoms with van der Waals surface area (Å²) in [7, 11) is 1.77. The standard InChI is InChI=1S/C18H33N5O3/c1-14(2)17-22-16(26-23-17)8-4-9-20-18(19-3)21-10-6-11-24-13-15-7-5-12-25-15/h14-15H,4-13H2,1-3H3,(H2,19,20,21). The summed E-state index contributed by atoms with van der Waals surface area (Å²) in [4.78, 5) is 8.60. The van der Waals surface area contributed by atoms with Gasteiger partial charge >= 0.3 is 0 Å². The zero-order valence-corrected chi connectivity index (χ0v) is 16.3. The molecular weight excluding hydrogens is 334 g/mol.